The zero-order valence-corrected chi connectivity index (χ0v) is 33.2. The lowest BCUT2D eigenvalue weighted by Gasteiger charge is -2.43. The molecule has 0 aliphatic carbocycles. The molecule has 0 amide bonds. The first-order valence-corrected chi connectivity index (χ1v) is 18.7. The third kappa shape index (κ3) is 5.04. The number of fused-ring (bicyclic) bond motifs is 4. The van der Waals surface area contributed by atoms with Gasteiger partial charge in [-0.15, -0.1) is 0 Å². The number of hydrogen-bond acceptors (Lipinski definition) is 2. The van der Waals surface area contributed by atoms with Crippen molar-refractivity contribution in [2.45, 2.75) is 101 Å². The van der Waals surface area contributed by atoms with E-state index < -0.39 is 0 Å². The van der Waals surface area contributed by atoms with E-state index in [1.165, 1.54) is 88.0 Å². The van der Waals surface area contributed by atoms with E-state index in [1.54, 1.807) is 0 Å². The number of allylic oxidation sites excluding steroid dienone is 4. The SMILES string of the molecule is C=CN1C(=C(C)C)/C(=C\C(=C)C(C)(C)C)B2c3c1c1ccc4cc(C(C)(C)C)cc5ccc(c3-n3cnc6cc(C(C)(C)C)cc2c63)c1c45.CC. The molecular weight excluding hydrogens is 617 g/mol. The molecule has 8 rings (SSSR count). The Morgan fingerprint density at radius 2 is 1.33 bits per heavy atom. The maximum Gasteiger partial charge on any atom is 0.252 e. The molecule has 0 bridgehead atoms. The molecule has 0 radical (unpaired) electrons. The maximum absolute atomic E-state index is 5.13. The van der Waals surface area contributed by atoms with Gasteiger partial charge in [0.2, 0.25) is 0 Å². The van der Waals surface area contributed by atoms with Crippen LogP contribution in [0.5, 0.6) is 0 Å². The molecule has 0 saturated carbocycles. The van der Waals surface area contributed by atoms with Gasteiger partial charge in [-0.2, -0.15) is 0 Å². The molecule has 0 fully saturated rings. The monoisotopic (exact) mass is 671 g/mol. The van der Waals surface area contributed by atoms with Gasteiger partial charge in [0.1, 0.15) is 6.33 Å². The number of rotatable bonds is 2. The van der Waals surface area contributed by atoms with Crippen LogP contribution in [0.2, 0.25) is 0 Å². The highest BCUT2D eigenvalue weighted by Crippen LogP contribution is 2.48. The Morgan fingerprint density at radius 1 is 0.765 bits per heavy atom. The number of anilines is 1. The van der Waals surface area contributed by atoms with Crippen LogP contribution in [0.1, 0.15) is 101 Å². The summed E-state index contributed by atoms with van der Waals surface area (Å²) < 4.78 is 2.39. The van der Waals surface area contributed by atoms with E-state index in [4.69, 9.17) is 4.98 Å². The Kier molecular flexibility index (Phi) is 7.84. The van der Waals surface area contributed by atoms with E-state index in [-0.39, 0.29) is 23.0 Å². The second-order valence-corrected chi connectivity index (χ2v) is 17.8. The average Bonchev–Trinajstić information content (AvgIpc) is 3.49. The van der Waals surface area contributed by atoms with Gasteiger partial charge in [0.15, 0.2) is 0 Å². The van der Waals surface area contributed by atoms with E-state index >= 15 is 0 Å². The molecule has 260 valence electrons. The van der Waals surface area contributed by atoms with Crippen LogP contribution in [0, 0.1) is 5.41 Å². The Morgan fingerprint density at radius 3 is 1.86 bits per heavy atom. The minimum Gasteiger partial charge on any atom is -0.318 e. The molecule has 0 atom stereocenters. The fraction of sp³-hybridized carbons (Fsp3) is 0.340. The molecule has 0 unspecified atom stereocenters. The predicted molar refractivity (Wildman–Crippen MR) is 226 cm³/mol. The van der Waals surface area contributed by atoms with Crippen molar-refractivity contribution in [3.05, 3.63) is 114 Å². The van der Waals surface area contributed by atoms with Gasteiger partial charge in [0, 0.05) is 28.1 Å². The molecular formula is C47H54BN3. The number of benzene rings is 5. The molecule has 0 N–H and O–H groups in total. The third-order valence-electron chi connectivity index (χ3n) is 11.1. The molecule has 51 heavy (non-hydrogen) atoms. The zero-order valence-electron chi connectivity index (χ0n) is 33.2. The van der Waals surface area contributed by atoms with E-state index in [0.717, 1.165) is 11.1 Å². The smallest absolute Gasteiger partial charge is 0.252 e. The van der Waals surface area contributed by atoms with Gasteiger partial charge in [-0.05, 0) is 79.8 Å². The quantitative estimate of drug-likeness (QED) is 0.135. The second-order valence-electron chi connectivity index (χ2n) is 17.8. The summed E-state index contributed by atoms with van der Waals surface area (Å²) >= 11 is 0. The summed E-state index contributed by atoms with van der Waals surface area (Å²) in [4.78, 5) is 7.51. The minimum atomic E-state index is -0.0831. The lowest BCUT2D eigenvalue weighted by molar-refractivity contribution is 0.519. The number of aromatic nitrogens is 2. The molecule has 4 heteroatoms. The van der Waals surface area contributed by atoms with Crippen LogP contribution in [0.3, 0.4) is 0 Å². The predicted octanol–water partition coefficient (Wildman–Crippen LogP) is 11.8. The highest BCUT2D eigenvalue weighted by atomic mass is 15.1. The van der Waals surface area contributed by atoms with Crippen LogP contribution in [0.25, 0.3) is 49.0 Å². The lowest BCUT2D eigenvalue weighted by atomic mass is 9.32. The van der Waals surface area contributed by atoms with Crippen molar-refractivity contribution in [2.24, 2.45) is 5.41 Å². The van der Waals surface area contributed by atoms with Crippen LogP contribution < -0.4 is 15.8 Å². The molecule has 0 saturated heterocycles. The van der Waals surface area contributed by atoms with Gasteiger partial charge in [0.25, 0.3) is 6.71 Å². The van der Waals surface area contributed by atoms with Crippen molar-refractivity contribution in [2.75, 3.05) is 4.90 Å². The number of hydrogen-bond donors (Lipinski definition) is 0. The summed E-state index contributed by atoms with van der Waals surface area (Å²) in [6.07, 6.45) is 6.48. The van der Waals surface area contributed by atoms with Crippen molar-refractivity contribution in [1.29, 1.82) is 0 Å². The zero-order chi connectivity index (χ0) is 37.1. The van der Waals surface area contributed by atoms with E-state index in [9.17, 15) is 0 Å². The van der Waals surface area contributed by atoms with Gasteiger partial charge in [-0.25, -0.2) is 4.98 Å². The van der Waals surface area contributed by atoms with Crippen molar-refractivity contribution in [1.82, 2.24) is 9.55 Å². The Balaban J connectivity index is 0.00000200. The standard InChI is InChI=1S/C45H48BN3.C2H6/c1-14-48-39(25(2)3)33(19-26(4)43(5,6)7)46-34-22-30(45(11,12)13)23-35-42(34)49(24-47-35)41-32-18-16-28-21-29(44(8,9)10)20-27-15-17-31(37(32)36(27)28)40(48)38(41)46;1-2/h14-24H,1,4H2,2-3,5-13H3;1-2H3/b33-19+;. The van der Waals surface area contributed by atoms with Crippen LogP contribution in [0.15, 0.2) is 103 Å². The highest BCUT2D eigenvalue weighted by molar-refractivity contribution is 6.96. The van der Waals surface area contributed by atoms with Crippen molar-refractivity contribution in [3.63, 3.8) is 0 Å². The average molecular weight is 672 g/mol. The minimum absolute atomic E-state index is 0.00592. The van der Waals surface area contributed by atoms with Gasteiger partial charge < -0.3 is 4.90 Å². The lowest BCUT2D eigenvalue weighted by Crippen LogP contribution is -2.56. The van der Waals surface area contributed by atoms with Crippen molar-refractivity contribution < 1.29 is 0 Å². The first kappa shape index (κ1) is 34.9. The molecule has 5 aromatic carbocycles. The Bertz CT molecular complexity index is 2480. The molecule has 6 aromatic rings. The maximum atomic E-state index is 5.13. The summed E-state index contributed by atoms with van der Waals surface area (Å²) in [5, 5.41) is 7.75. The van der Waals surface area contributed by atoms with Gasteiger partial charge in [-0.3, -0.25) is 4.57 Å². The van der Waals surface area contributed by atoms with Crippen molar-refractivity contribution in [3.8, 4) is 5.69 Å². The normalized spacial score (nSPS) is 15.2. The first-order valence-electron chi connectivity index (χ1n) is 18.7. The van der Waals surface area contributed by atoms with E-state index in [1.807, 2.05) is 20.0 Å². The highest BCUT2D eigenvalue weighted by Gasteiger charge is 2.45. The third-order valence-corrected chi connectivity index (χ3v) is 11.1. The molecule has 2 aliphatic heterocycles. The van der Waals surface area contributed by atoms with Crippen molar-refractivity contribution >= 4 is 66.7 Å². The summed E-state index contributed by atoms with van der Waals surface area (Å²) in [6, 6.07) is 19.0. The Hall–Kier alpha value is -4.57. The fourth-order valence-corrected chi connectivity index (χ4v) is 8.33. The summed E-state index contributed by atoms with van der Waals surface area (Å²) in [6.45, 7) is 38.2. The Labute approximate surface area is 305 Å². The number of nitrogens with zero attached hydrogens (tertiary/aromatic N) is 3. The van der Waals surface area contributed by atoms with Crippen LogP contribution >= 0.6 is 0 Å². The molecule has 0 spiro atoms. The van der Waals surface area contributed by atoms with Gasteiger partial charge in [0.05, 0.1) is 22.4 Å². The van der Waals surface area contributed by atoms with E-state index in [0.29, 0.717) is 0 Å². The molecule has 2 aliphatic rings. The topological polar surface area (TPSA) is 21.1 Å². The molecule has 1 aromatic heterocycles. The van der Waals surface area contributed by atoms with Crippen LogP contribution in [0.4, 0.5) is 5.69 Å². The number of imidazole rings is 1. The summed E-state index contributed by atoms with van der Waals surface area (Å²) in [7, 11) is 0. The second kappa shape index (κ2) is 11.5. The molecule has 3 heterocycles. The first-order chi connectivity index (χ1) is 23.9. The van der Waals surface area contributed by atoms with Gasteiger partial charge >= 0.3 is 0 Å². The van der Waals surface area contributed by atoms with Gasteiger partial charge in [-0.1, -0.05) is 149 Å². The van der Waals surface area contributed by atoms with Crippen LogP contribution in [-0.4, -0.2) is 16.3 Å². The summed E-state index contributed by atoms with van der Waals surface area (Å²) in [5.41, 5.74) is 14.8. The molecule has 3 nitrogen and oxygen atoms in total. The fourth-order valence-electron chi connectivity index (χ4n) is 8.33. The van der Waals surface area contributed by atoms with E-state index in [2.05, 4.69) is 160 Å². The summed E-state index contributed by atoms with van der Waals surface area (Å²) in [5.74, 6) is 0. The largest absolute Gasteiger partial charge is 0.318 e. The van der Waals surface area contributed by atoms with Crippen LogP contribution in [-0.2, 0) is 10.8 Å².